The van der Waals surface area contributed by atoms with Crippen molar-refractivity contribution in [3.05, 3.63) is 30.1 Å². The first-order valence-corrected chi connectivity index (χ1v) is 8.13. The second kappa shape index (κ2) is 6.75. The molecule has 1 aliphatic carbocycles. The highest BCUT2D eigenvalue weighted by molar-refractivity contribution is 5.78. The maximum Gasteiger partial charge on any atom is 0.224 e. The molecule has 22 heavy (non-hydrogen) atoms. The van der Waals surface area contributed by atoms with Gasteiger partial charge in [-0.15, -0.1) is 0 Å². The molecule has 1 N–H and O–H groups in total. The van der Waals surface area contributed by atoms with Gasteiger partial charge in [-0.2, -0.15) is 0 Å². The summed E-state index contributed by atoms with van der Waals surface area (Å²) in [6, 6.07) is 3.74. The van der Waals surface area contributed by atoms with Crippen LogP contribution in [0.25, 0.3) is 0 Å². The molecular formula is C17H24N2O3. The second-order valence-electron chi connectivity index (χ2n) is 6.49. The summed E-state index contributed by atoms with van der Waals surface area (Å²) in [5.74, 6) is 0.372. The van der Waals surface area contributed by atoms with E-state index in [4.69, 9.17) is 9.47 Å². The third kappa shape index (κ3) is 3.84. The number of ether oxygens (including phenoxy) is 2. The van der Waals surface area contributed by atoms with Gasteiger partial charge in [0.2, 0.25) is 5.91 Å². The summed E-state index contributed by atoms with van der Waals surface area (Å²) in [6.45, 7) is 3.36. The molecule has 2 fully saturated rings. The average molecular weight is 304 g/mol. The zero-order valence-corrected chi connectivity index (χ0v) is 13.1. The Bertz CT molecular complexity index is 498. The van der Waals surface area contributed by atoms with Crippen LogP contribution < -0.4 is 5.32 Å². The highest BCUT2D eigenvalue weighted by atomic mass is 16.7. The van der Waals surface area contributed by atoms with Gasteiger partial charge in [-0.25, -0.2) is 0 Å². The van der Waals surface area contributed by atoms with Crippen LogP contribution in [-0.4, -0.2) is 35.9 Å². The third-order valence-corrected chi connectivity index (χ3v) is 4.56. The summed E-state index contributed by atoms with van der Waals surface area (Å²) < 4.78 is 12.0. The lowest BCUT2D eigenvalue weighted by Gasteiger charge is -2.34. The summed E-state index contributed by atoms with van der Waals surface area (Å²) in [7, 11) is 0. The summed E-state index contributed by atoms with van der Waals surface area (Å²) in [5, 5.41) is 2.93. The lowest BCUT2D eigenvalue weighted by molar-refractivity contribution is -0.191. The van der Waals surface area contributed by atoms with Gasteiger partial charge in [0.05, 0.1) is 13.0 Å². The number of amides is 1. The molecule has 2 heterocycles. The summed E-state index contributed by atoms with van der Waals surface area (Å²) in [4.78, 5) is 16.0. The molecular weight excluding hydrogens is 280 g/mol. The number of hydrogen-bond donors (Lipinski definition) is 1. The van der Waals surface area contributed by atoms with Crippen molar-refractivity contribution in [1.82, 2.24) is 10.3 Å². The average Bonchev–Trinajstić information content (AvgIpc) is 2.93. The van der Waals surface area contributed by atoms with Crippen molar-refractivity contribution >= 4 is 5.91 Å². The minimum atomic E-state index is -0.384. The standard InChI is InChI=1S/C17H24N2O3/c1-13-4-6-17(7-5-13)21-12-15(22-17)11-19-16(20)9-14-3-2-8-18-10-14/h2-3,8,10,13,15H,4-7,9,11-12H2,1H3,(H,19,20)/t13?,15-,17?/m1/s1. The Labute approximate surface area is 131 Å². The van der Waals surface area contributed by atoms with Gasteiger partial charge in [-0.1, -0.05) is 13.0 Å². The van der Waals surface area contributed by atoms with Crippen molar-refractivity contribution in [2.45, 2.75) is 50.9 Å². The van der Waals surface area contributed by atoms with E-state index in [2.05, 4.69) is 17.2 Å². The Morgan fingerprint density at radius 3 is 3.00 bits per heavy atom. The van der Waals surface area contributed by atoms with Crippen LogP contribution in [-0.2, 0) is 20.7 Å². The first kappa shape index (κ1) is 15.4. The normalized spacial score (nSPS) is 31.3. The van der Waals surface area contributed by atoms with Gasteiger partial charge in [0, 0.05) is 31.8 Å². The molecule has 0 bridgehead atoms. The topological polar surface area (TPSA) is 60.5 Å². The quantitative estimate of drug-likeness (QED) is 0.925. The first-order chi connectivity index (χ1) is 10.7. The molecule has 1 aliphatic heterocycles. The fourth-order valence-electron chi connectivity index (χ4n) is 3.16. The number of rotatable bonds is 4. The third-order valence-electron chi connectivity index (χ3n) is 4.56. The van der Waals surface area contributed by atoms with Gasteiger partial charge in [0.1, 0.15) is 6.10 Å². The smallest absolute Gasteiger partial charge is 0.224 e. The van der Waals surface area contributed by atoms with Crippen LogP contribution in [0.3, 0.4) is 0 Å². The molecule has 2 aliphatic rings. The van der Waals surface area contributed by atoms with Crippen LogP contribution in [0.2, 0.25) is 0 Å². The molecule has 3 rings (SSSR count). The van der Waals surface area contributed by atoms with Crippen LogP contribution in [0.4, 0.5) is 0 Å². The number of carbonyl (C=O) groups excluding carboxylic acids is 1. The Morgan fingerprint density at radius 2 is 2.27 bits per heavy atom. The Kier molecular flexibility index (Phi) is 4.74. The summed E-state index contributed by atoms with van der Waals surface area (Å²) >= 11 is 0. The highest BCUT2D eigenvalue weighted by Crippen LogP contribution is 2.39. The van der Waals surface area contributed by atoms with Gasteiger partial charge >= 0.3 is 0 Å². The van der Waals surface area contributed by atoms with Crippen LogP contribution in [0.15, 0.2) is 24.5 Å². The molecule has 1 saturated carbocycles. The number of hydrogen-bond acceptors (Lipinski definition) is 4. The zero-order chi connectivity index (χ0) is 15.4. The van der Waals surface area contributed by atoms with Gasteiger partial charge in [-0.3, -0.25) is 9.78 Å². The van der Waals surface area contributed by atoms with Gasteiger partial charge < -0.3 is 14.8 Å². The monoisotopic (exact) mass is 304 g/mol. The van der Waals surface area contributed by atoms with Crippen LogP contribution in [0.5, 0.6) is 0 Å². The van der Waals surface area contributed by atoms with Crippen LogP contribution >= 0.6 is 0 Å². The number of carbonyl (C=O) groups is 1. The van der Waals surface area contributed by atoms with E-state index in [9.17, 15) is 4.79 Å². The fourth-order valence-corrected chi connectivity index (χ4v) is 3.16. The van der Waals surface area contributed by atoms with E-state index in [1.807, 2.05) is 12.1 Å². The number of aromatic nitrogens is 1. The molecule has 5 heteroatoms. The molecule has 0 radical (unpaired) electrons. The minimum Gasteiger partial charge on any atom is -0.353 e. The van der Waals surface area contributed by atoms with E-state index in [-0.39, 0.29) is 17.8 Å². The van der Waals surface area contributed by atoms with Crippen molar-refractivity contribution in [2.24, 2.45) is 5.92 Å². The minimum absolute atomic E-state index is 0.00480. The molecule has 1 spiro atoms. The molecule has 1 amide bonds. The molecule has 120 valence electrons. The van der Waals surface area contributed by atoms with Crippen LogP contribution in [0, 0.1) is 5.92 Å². The largest absolute Gasteiger partial charge is 0.353 e. The predicted molar refractivity (Wildman–Crippen MR) is 82.1 cm³/mol. The highest BCUT2D eigenvalue weighted by Gasteiger charge is 2.43. The summed E-state index contributed by atoms with van der Waals surface area (Å²) in [5.41, 5.74) is 0.918. The Hall–Kier alpha value is -1.46. The molecule has 0 aromatic carbocycles. The van der Waals surface area contributed by atoms with Crippen molar-refractivity contribution in [2.75, 3.05) is 13.2 Å². The second-order valence-corrected chi connectivity index (χ2v) is 6.49. The number of nitrogens with zero attached hydrogens (tertiary/aromatic N) is 1. The van der Waals surface area contributed by atoms with Crippen LogP contribution in [0.1, 0.15) is 38.2 Å². The van der Waals surface area contributed by atoms with E-state index >= 15 is 0 Å². The Balaban J connectivity index is 1.42. The molecule has 1 aromatic heterocycles. The molecule has 1 saturated heterocycles. The zero-order valence-electron chi connectivity index (χ0n) is 13.1. The molecule has 1 aromatic rings. The number of pyridine rings is 1. The molecule has 1 atom stereocenters. The Morgan fingerprint density at radius 1 is 1.45 bits per heavy atom. The lowest BCUT2D eigenvalue weighted by Crippen LogP contribution is -2.38. The predicted octanol–water partition coefficient (Wildman–Crippen LogP) is 2.06. The SMILES string of the molecule is CC1CCC2(CC1)OC[C@@H](CNC(=O)Cc1cccnc1)O2. The number of nitrogens with one attached hydrogen (secondary N) is 1. The van der Waals surface area contributed by atoms with E-state index in [0.29, 0.717) is 19.6 Å². The molecule has 5 nitrogen and oxygen atoms in total. The van der Waals surface area contributed by atoms with Gasteiger partial charge in [0.25, 0.3) is 0 Å². The van der Waals surface area contributed by atoms with Crippen molar-refractivity contribution in [1.29, 1.82) is 0 Å². The van der Waals surface area contributed by atoms with Gasteiger partial charge in [-0.05, 0) is 30.4 Å². The van der Waals surface area contributed by atoms with Gasteiger partial charge in [0.15, 0.2) is 5.79 Å². The van der Waals surface area contributed by atoms with E-state index < -0.39 is 0 Å². The maximum absolute atomic E-state index is 11.9. The maximum atomic E-state index is 11.9. The van der Waals surface area contributed by atoms with E-state index in [1.54, 1.807) is 12.4 Å². The molecule has 0 unspecified atom stereocenters. The van der Waals surface area contributed by atoms with Crippen molar-refractivity contribution in [3.63, 3.8) is 0 Å². The van der Waals surface area contributed by atoms with E-state index in [1.165, 1.54) is 0 Å². The fraction of sp³-hybridized carbons (Fsp3) is 0.647. The summed E-state index contributed by atoms with van der Waals surface area (Å²) in [6.07, 6.45) is 7.97. The first-order valence-electron chi connectivity index (χ1n) is 8.13. The van der Waals surface area contributed by atoms with Crippen molar-refractivity contribution in [3.8, 4) is 0 Å². The van der Waals surface area contributed by atoms with Crippen molar-refractivity contribution < 1.29 is 14.3 Å². The lowest BCUT2D eigenvalue weighted by atomic mass is 9.86. The van der Waals surface area contributed by atoms with E-state index in [0.717, 1.165) is 37.2 Å².